The summed E-state index contributed by atoms with van der Waals surface area (Å²) < 4.78 is 27.6. The zero-order valence-electron chi connectivity index (χ0n) is 59.6. The van der Waals surface area contributed by atoms with E-state index in [-0.39, 0.29) is 93.2 Å². The minimum atomic E-state index is -0.754. The lowest BCUT2D eigenvalue weighted by Gasteiger charge is -2.24. The first-order chi connectivity index (χ1) is 52.5. The molecule has 0 saturated carbocycles. The van der Waals surface area contributed by atoms with Crippen LogP contribution in [0.4, 0.5) is 0 Å². The molecule has 108 heavy (non-hydrogen) atoms. The van der Waals surface area contributed by atoms with Gasteiger partial charge in [-0.2, -0.15) is 21.0 Å². The lowest BCUT2D eigenvalue weighted by molar-refractivity contribution is 0.0722. The van der Waals surface area contributed by atoms with E-state index >= 15 is 19.2 Å². The first-order valence-corrected chi connectivity index (χ1v) is 35.0. The molecule has 13 rings (SSSR count). The van der Waals surface area contributed by atoms with Crippen LogP contribution in [0.5, 0.6) is 23.0 Å². The fourth-order valence-corrected chi connectivity index (χ4v) is 13.0. The fraction of sp³-hybridized carbons (Fsp3) is 0.0833. The largest absolute Gasteiger partial charge is 0.422 e. The smallest absolute Gasteiger partial charge is 0.343 e. The van der Waals surface area contributed by atoms with Crippen molar-refractivity contribution in [1.82, 2.24) is 0 Å². The van der Waals surface area contributed by atoms with E-state index < -0.39 is 23.9 Å². The van der Waals surface area contributed by atoms with E-state index in [9.17, 15) is 21.0 Å². The summed E-state index contributed by atoms with van der Waals surface area (Å²) in [4.78, 5) is 61.3. The van der Waals surface area contributed by atoms with Gasteiger partial charge in [0.1, 0.15) is 23.0 Å². The highest BCUT2D eigenvalue weighted by atomic mass is 16.5. The predicted octanol–water partition coefficient (Wildman–Crippen LogP) is 20.7. The Morgan fingerprint density at radius 3 is 0.574 bits per heavy atom. The van der Waals surface area contributed by atoms with Gasteiger partial charge in [-0.1, -0.05) is 192 Å². The summed E-state index contributed by atoms with van der Waals surface area (Å²) in [5.41, 5.74) is 11.8. The second-order valence-electron chi connectivity index (χ2n) is 26.5. The van der Waals surface area contributed by atoms with Gasteiger partial charge in [-0.3, -0.25) is 0 Å². The van der Waals surface area contributed by atoms with Crippen LogP contribution < -0.4 is 18.9 Å². The number of rotatable bonds is 16. The number of carbonyl (C=O) groups is 4. The van der Waals surface area contributed by atoms with Gasteiger partial charge < -0.3 is 18.9 Å². The minimum Gasteiger partial charge on any atom is -0.422 e. The molecule has 520 valence electrons. The second kappa shape index (κ2) is 32.8. The molecular formula is C96H68N4O8. The fourth-order valence-electron chi connectivity index (χ4n) is 13.0. The molecule has 1 aliphatic carbocycles. The molecule has 0 heterocycles. The molecule has 0 atom stereocenters. The van der Waals surface area contributed by atoms with Crippen molar-refractivity contribution in [2.24, 2.45) is 0 Å². The van der Waals surface area contributed by atoms with Gasteiger partial charge in [-0.15, -0.1) is 0 Å². The highest BCUT2D eigenvalue weighted by molar-refractivity contribution is 5.98. The van der Waals surface area contributed by atoms with Crippen LogP contribution >= 0.6 is 0 Å². The molecule has 0 aliphatic heterocycles. The molecule has 12 nitrogen and oxygen atoms in total. The standard InChI is InChI=1S/C96H68N4O8/c1-61-25-33-69(34-26-61)93(101)105-89-77-45-73(85(57-97)41-65-17-9-5-10-18-65)46-78(89)54-80-48-75(87(59-99)43-67-21-13-7-14-22-67)50-82(91(80)107-95(103)71-37-29-63(3)30-38-71)56-84-52-76(88(60-100)44-68-23-15-8-16-24-68)51-83(92(84)108-96(104)72-39-31-64(4)32-40-72)55-81-49-74(86(58-98)42-66-19-11-6-12-20-66)47-79(53-77)90(81)106-94(102)70-35-27-62(2)28-36-70/h5-52H,53-56H2,1-4H3/b85-41+,86-42+,87-43+,88-44+. The van der Waals surface area contributed by atoms with Gasteiger partial charge in [0, 0.05) is 70.2 Å². The number of allylic oxidation sites excluding steroid dienone is 4. The Morgan fingerprint density at radius 1 is 0.250 bits per heavy atom. The van der Waals surface area contributed by atoms with Gasteiger partial charge in [0.2, 0.25) is 0 Å². The average Bonchev–Trinajstić information content (AvgIpc) is 0.761. The molecule has 12 aromatic carbocycles. The number of nitriles is 4. The summed E-state index contributed by atoms with van der Waals surface area (Å²) in [6, 6.07) is 88.7. The molecule has 0 N–H and O–H groups in total. The van der Waals surface area contributed by atoms with Crippen molar-refractivity contribution in [2.45, 2.75) is 53.4 Å². The highest BCUT2D eigenvalue weighted by Gasteiger charge is 2.30. The van der Waals surface area contributed by atoms with Crippen LogP contribution in [-0.2, 0) is 25.7 Å². The molecule has 0 radical (unpaired) electrons. The second-order valence-corrected chi connectivity index (χ2v) is 26.5. The van der Waals surface area contributed by atoms with Crippen molar-refractivity contribution in [1.29, 1.82) is 21.0 Å². The number of ether oxygens (including phenoxy) is 4. The Bertz CT molecular complexity index is 4980. The number of nitrogens with zero attached hydrogens (tertiary/aromatic N) is 4. The molecule has 0 amide bonds. The molecule has 12 heteroatoms. The van der Waals surface area contributed by atoms with Gasteiger partial charge in [0.05, 0.1) is 68.8 Å². The summed E-state index contributed by atoms with van der Waals surface area (Å²) in [7, 11) is 0. The summed E-state index contributed by atoms with van der Waals surface area (Å²) in [5, 5.41) is 46.0. The zero-order valence-corrected chi connectivity index (χ0v) is 59.6. The minimum absolute atomic E-state index is 0.0222. The normalized spacial score (nSPS) is 12.1. The molecule has 1 aliphatic rings. The number of esters is 4. The van der Waals surface area contributed by atoms with Gasteiger partial charge in [-0.05, 0) is 194 Å². The molecule has 0 aromatic heterocycles. The Hall–Kier alpha value is -14.6. The number of aryl methyl sites for hydroxylation is 4. The lowest BCUT2D eigenvalue weighted by Crippen LogP contribution is -2.16. The van der Waals surface area contributed by atoms with Crippen molar-refractivity contribution in [3.8, 4) is 47.3 Å². The Labute approximate surface area is 627 Å². The van der Waals surface area contributed by atoms with Crippen molar-refractivity contribution in [3.63, 3.8) is 0 Å². The molecular weight excluding hydrogens is 1340 g/mol. The van der Waals surface area contributed by atoms with Crippen LogP contribution in [0.25, 0.3) is 46.6 Å². The molecule has 0 spiro atoms. The maximum atomic E-state index is 15.3. The van der Waals surface area contributed by atoms with E-state index in [0.29, 0.717) is 89.0 Å². The Morgan fingerprint density at radius 2 is 0.417 bits per heavy atom. The summed E-state index contributed by atoms with van der Waals surface area (Å²) in [5.74, 6) is -2.93. The first-order valence-electron chi connectivity index (χ1n) is 35.0. The topological polar surface area (TPSA) is 200 Å². The van der Waals surface area contributed by atoms with Crippen LogP contribution in [0.2, 0.25) is 0 Å². The third-order valence-corrected chi connectivity index (χ3v) is 18.6. The maximum Gasteiger partial charge on any atom is 0.343 e. The molecule has 8 bridgehead atoms. The number of carbonyl (C=O) groups excluding carboxylic acids is 4. The Balaban J connectivity index is 1.21. The molecule has 0 unspecified atom stereocenters. The average molecular weight is 1410 g/mol. The van der Waals surface area contributed by atoms with Gasteiger partial charge >= 0.3 is 23.9 Å². The third-order valence-electron chi connectivity index (χ3n) is 18.6. The van der Waals surface area contributed by atoms with Gasteiger partial charge in [-0.25, -0.2) is 19.2 Å². The Kier molecular flexibility index (Phi) is 21.8. The van der Waals surface area contributed by atoms with E-state index in [1.165, 1.54) is 0 Å². The van der Waals surface area contributed by atoms with E-state index in [1.54, 1.807) is 170 Å². The van der Waals surface area contributed by atoms with Crippen LogP contribution in [0.15, 0.2) is 267 Å². The predicted molar refractivity (Wildman–Crippen MR) is 421 cm³/mol. The SMILES string of the molecule is Cc1ccc(C(=O)Oc2c3cc(/C(C#N)=C/c4ccccc4)cc2Cc2cc(/C(C#N)=C/c4ccccc4)cc(c2OC(=O)c2ccc(C)cc2)Cc2cc(/C(C#N)=C/c4ccccc4)cc(c2OC(=O)c2ccc(C)cc2)Cc2cc(/C(C#N)=C/c4ccccc4)cc(c2OC(=O)c2ccc(C)cc2)C3)cc1. The number of hydrogen-bond donors (Lipinski definition) is 0. The van der Waals surface area contributed by atoms with Gasteiger partial charge in [0.25, 0.3) is 0 Å². The van der Waals surface area contributed by atoms with E-state index in [4.69, 9.17) is 18.9 Å². The zero-order chi connectivity index (χ0) is 75.2. The van der Waals surface area contributed by atoms with E-state index in [2.05, 4.69) is 24.3 Å². The van der Waals surface area contributed by atoms with Crippen LogP contribution in [0, 0.1) is 73.0 Å². The van der Waals surface area contributed by atoms with Crippen molar-refractivity contribution < 1.29 is 38.1 Å². The van der Waals surface area contributed by atoms with Gasteiger partial charge in [0.15, 0.2) is 0 Å². The highest BCUT2D eigenvalue weighted by Crippen LogP contribution is 2.45. The molecule has 12 aromatic rings. The summed E-state index contributed by atoms with van der Waals surface area (Å²) >= 11 is 0. The summed E-state index contributed by atoms with van der Waals surface area (Å²) in [6.45, 7) is 7.60. The summed E-state index contributed by atoms with van der Waals surface area (Å²) in [6.07, 6.45) is 5.98. The quantitative estimate of drug-likeness (QED) is 0.0384. The van der Waals surface area contributed by atoms with Crippen LogP contribution in [0.3, 0.4) is 0 Å². The lowest BCUT2D eigenvalue weighted by atomic mass is 9.86. The van der Waals surface area contributed by atoms with Crippen molar-refractivity contribution >= 4 is 70.5 Å². The van der Waals surface area contributed by atoms with Crippen LogP contribution in [0.1, 0.15) is 153 Å². The number of fused-ring (bicyclic) bond motifs is 8. The first kappa shape index (κ1) is 71.8. The third kappa shape index (κ3) is 17.1. The van der Waals surface area contributed by atoms with Crippen molar-refractivity contribution in [2.75, 3.05) is 0 Å². The van der Waals surface area contributed by atoms with E-state index in [1.807, 2.05) is 149 Å². The number of hydrogen-bond acceptors (Lipinski definition) is 12. The monoisotopic (exact) mass is 1400 g/mol. The van der Waals surface area contributed by atoms with Crippen molar-refractivity contribution in [3.05, 3.63) is 400 Å². The maximum absolute atomic E-state index is 15.3. The van der Waals surface area contributed by atoms with E-state index in [0.717, 1.165) is 22.3 Å². The van der Waals surface area contributed by atoms with Crippen LogP contribution in [-0.4, -0.2) is 23.9 Å². The molecule has 0 saturated heterocycles. The molecule has 0 fully saturated rings. The number of benzene rings is 12.